The summed E-state index contributed by atoms with van der Waals surface area (Å²) in [4.78, 5) is 0. The zero-order valence-corrected chi connectivity index (χ0v) is 13.8. The van der Waals surface area contributed by atoms with Gasteiger partial charge in [0.15, 0.2) is 11.5 Å². The van der Waals surface area contributed by atoms with Crippen molar-refractivity contribution < 1.29 is 31.2 Å². The van der Waals surface area contributed by atoms with E-state index in [-0.39, 0.29) is 12.4 Å². The van der Waals surface area contributed by atoms with Crippen molar-refractivity contribution in [2.24, 2.45) is 0 Å². The molecule has 0 aliphatic heterocycles. The lowest BCUT2D eigenvalue weighted by Crippen LogP contribution is -3.00. The smallest absolute Gasteiger partial charge is 0.244 e. The zero-order chi connectivity index (χ0) is 15.2. The second-order valence-corrected chi connectivity index (χ2v) is 4.61. The Hall–Kier alpha value is -2.14. The van der Waals surface area contributed by atoms with Gasteiger partial charge in [-0.05, 0) is 12.1 Å². The molecule has 1 aromatic heterocycles. The molecule has 0 atom stereocenters. The largest absolute Gasteiger partial charge is 1.00 e. The molecule has 5 nitrogen and oxygen atoms in total. The highest BCUT2D eigenvalue weighted by Gasteiger charge is 2.14. The predicted octanol–water partition coefficient (Wildman–Crippen LogP) is -0.960. The Labute approximate surface area is 137 Å². The third-order valence-electron chi connectivity index (χ3n) is 3.18. The van der Waals surface area contributed by atoms with Gasteiger partial charge in [-0.3, -0.25) is 0 Å². The van der Waals surface area contributed by atoms with Crippen LogP contribution in [0.3, 0.4) is 0 Å². The van der Waals surface area contributed by atoms with Crippen LogP contribution in [0, 0.1) is 0 Å². The number of benzene rings is 1. The number of ether oxygens (including phenoxy) is 3. The molecule has 1 heterocycles. The quantitative estimate of drug-likeness (QED) is 0.486. The molecule has 0 fully saturated rings. The molecule has 0 N–H and O–H groups in total. The van der Waals surface area contributed by atoms with Crippen molar-refractivity contribution in [3.05, 3.63) is 49.1 Å². The summed E-state index contributed by atoms with van der Waals surface area (Å²) in [5, 5.41) is 0. The molecule has 2 rings (SSSR count). The Morgan fingerprint density at radius 2 is 1.77 bits per heavy atom. The van der Waals surface area contributed by atoms with E-state index >= 15 is 0 Å². The van der Waals surface area contributed by atoms with Crippen molar-refractivity contribution in [2.45, 2.75) is 13.1 Å². The second kappa shape index (κ2) is 8.34. The summed E-state index contributed by atoms with van der Waals surface area (Å²) in [7, 11) is 4.84. The number of hydrogen-bond donors (Lipinski definition) is 0. The van der Waals surface area contributed by atoms with Gasteiger partial charge in [0.05, 0.1) is 21.3 Å². The molecule has 2 aromatic rings. The summed E-state index contributed by atoms with van der Waals surface area (Å²) < 4.78 is 20.2. The lowest BCUT2D eigenvalue weighted by molar-refractivity contribution is -0.687. The van der Waals surface area contributed by atoms with E-state index in [0.29, 0.717) is 17.2 Å². The van der Waals surface area contributed by atoms with Gasteiger partial charge in [0.1, 0.15) is 25.5 Å². The summed E-state index contributed by atoms with van der Waals surface area (Å²) >= 11 is 0. The fourth-order valence-corrected chi connectivity index (χ4v) is 2.23. The van der Waals surface area contributed by atoms with Gasteiger partial charge in [-0.25, -0.2) is 9.13 Å². The van der Waals surface area contributed by atoms with Crippen LogP contribution in [0.15, 0.2) is 43.5 Å². The Morgan fingerprint density at radius 3 is 2.27 bits per heavy atom. The maximum absolute atomic E-state index is 5.37. The molecular formula is C16H21ClN2O3. The topological polar surface area (TPSA) is 36.5 Å². The molecule has 0 unspecified atom stereocenters. The molecule has 0 aliphatic rings. The highest BCUT2D eigenvalue weighted by molar-refractivity contribution is 5.53. The molecule has 0 saturated heterocycles. The van der Waals surface area contributed by atoms with Crippen LogP contribution in [0.25, 0.3) is 0 Å². The molecule has 22 heavy (non-hydrogen) atoms. The van der Waals surface area contributed by atoms with Gasteiger partial charge in [-0.15, -0.1) is 0 Å². The zero-order valence-electron chi connectivity index (χ0n) is 13.1. The van der Waals surface area contributed by atoms with Gasteiger partial charge in [0.25, 0.3) is 0 Å². The average Bonchev–Trinajstić information content (AvgIpc) is 2.93. The van der Waals surface area contributed by atoms with Crippen LogP contribution in [0.4, 0.5) is 0 Å². The molecule has 0 bridgehead atoms. The summed E-state index contributed by atoms with van der Waals surface area (Å²) in [6.07, 6.45) is 7.93. The number of methoxy groups -OCH3 is 3. The third-order valence-corrected chi connectivity index (χ3v) is 3.18. The molecule has 0 amide bonds. The standard InChI is InChI=1S/C16H21N2O3.ClH/c1-5-6-17-7-8-18(12-17)11-13-9-14(19-2)16(21-4)15(10-13)20-3;/h5,7-10,12H,1,6,11H2,2-4H3;1H/q+1;/p-1. The van der Waals surface area contributed by atoms with Crippen LogP contribution < -0.4 is 31.2 Å². The van der Waals surface area contributed by atoms with E-state index in [1.807, 2.05) is 36.9 Å². The average molecular weight is 325 g/mol. The number of aromatic nitrogens is 2. The SMILES string of the molecule is C=CCn1cc[n+](Cc2cc(OC)c(OC)c(OC)c2)c1.[Cl-]. The van der Waals surface area contributed by atoms with Crippen molar-refractivity contribution >= 4 is 0 Å². The van der Waals surface area contributed by atoms with E-state index in [4.69, 9.17) is 14.2 Å². The van der Waals surface area contributed by atoms with E-state index < -0.39 is 0 Å². The van der Waals surface area contributed by atoms with Crippen LogP contribution >= 0.6 is 0 Å². The van der Waals surface area contributed by atoms with Crippen LogP contribution in [-0.4, -0.2) is 25.9 Å². The monoisotopic (exact) mass is 324 g/mol. The number of halogens is 1. The van der Waals surface area contributed by atoms with Crippen LogP contribution in [0.2, 0.25) is 0 Å². The Kier molecular flexibility index (Phi) is 6.79. The van der Waals surface area contributed by atoms with E-state index in [2.05, 4.69) is 15.7 Å². The fourth-order valence-electron chi connectivity index (χ4n) is 2.23. The third kappa shape index (κ3) is 3.95. The molecule has 0 aliphatic carbocycles. The van der Waals surface area contributed by atoms with Crippen molar-refractivity contribution in [1.82, 2.24) is 4.57 Å². The molecule has 0 radical (unpaired) electrons. The first-order chi connectivity index (χ1) is 10.2. The van der Waals surface area contributed by atoms with Crippen molar-refractivity contribution in [3.63, 3.8) is 0 Å². The predicted molar refractivity (Wildman–Crippen MR) is 80.0 cm³/mol. The van der Waals surface area contributed by atoms with E-state index in [1.54, 1.807) is 21.3 Å². The normalized spacial score (nSPS) is 9.77. The van der Waals surface area contributed by atoms with Gasteiger partial charge in [0, 0.05) is 5.56 Å². The summed E-state index contributed by atoms with van der Waals surface area (Å²) in [5.41, 5.74) is 1.07. The summed E-state index contributed by atoms with van der Waals surface area (Å²) in [6.45, 7) is 5.25. The maximum Gasteiger partial charge on any atom is 0.244 e. The van der Waals surface area contributed by atoms with Crippen LogP contribution in [0.5, 0.6) is 17.2 Å². The Morgan fingerprint density at radius 1 is 1.14 bits per heavy atom. The second-order valence-electron chi connectivity index (χ2n) is 4.61. The van der Waals surface area contributed by atoms with Gasteiger partial charge >= 0.3 is 0 Å². The van der Waals surface area contributed by atoms with Gasteiger partial charge in [-0.1, -0.05) is 12.7 Å². The van der Waals surface area contributed by atoms with Crippen molar-refractivity contribution in [1.29, 1.82) is 0 Å². The number of imidazole rings is 1. The minimum absolute atomic E-state index is 0. The molecule has 120 valence electrons. The van der Waals surface area contributed by atoms with Crippen LogP contribution in [0.1, 0.15) is 5.56 Å². The first kappa shape index (κ1) is 17.9. The van der Waals surface area contributed by atoms with E-state index in [9.17, 15) is 0 Å². The fraction of sp³-hybridized carbons (Fsp3) is 0.312. The lowest BCUT2D eigenvalue weighted by Gasteiger charge is -2.13. The minimum Gasteiger partial charge on any atom is -1.00 e. The summed E-state index contributed by atoms with van der Waals surface area (Å²) in [5.74, 6) is 1.94. The molecule has 6 heteroatoms. The Balaban J connectivity index is 0.00000242. The number of allylic oxidation sites excluding steroid dienone is 1. The highest BCUT2D eigenvalue weighted by Crippen LogP contribution is 2.38. The summed E-state index contributed by atoms with van der Waals surface area (Å²) in [6, 6.07) is 3.92. The lowest BCUT2D eigenvalue weighted by atomic mass is 10.2. The van der Waals surface area contributed by atoms with Gasteiger partial charge in [-0.2, -0.15) is 0 Å². The number of nitrogens with zero attached hydrogens (tertiary/aromatic N) is 2. The molecule has 0 saturated carbocycles. The van der Waals surface area contributed by atoms with Crippen molar-refractivity contribution in [3.8, 4) is 17.2 Å². The molecule has 0 spiro atoms. The van der Waals surface area contributed by atoms with E-state index in [0.717, 1.165) is 18.7 Å². The van der Waals surface area contributed by atoms with Crippen molar-refractivity contribution in [2.75, 3.05) is 21.3 Å². The first-order valence-electron chi connectivity index (χ1n) is 6.66. The maximum atomic E-state index is 5.37. The highest BCUT2D eigenvalue weighted by atomic mass is 35.5. The van der Waals surface area contributed by atoms with Gasteiger partial charge < -0.3 is 26.6 Å². The Bertz CT molecular complexity index is 601. The van der Waals surface area contributed by atoms with Crippen LogP contribution in [-0.2, 0) is 13.1 Å². The number of hydrogen-bond acceptors (Lipinski definition) is 3. The minimum atomic E-state index is 0. The first-order valence-corrected chi connectivity index (χ1v) is 6.66. The van der Waals surface area contributed by atoms with E-state index in [1.165, 1.54) is 0 Å². The molecule has 1 aromatic carbocycles. The molecular weight excluding hydrogens is 304 g/mol. The van der Waals surface area contributed by atoms with Gasteiger partial charge in [0.2, 0.25) is 12.1 Å². The number of rotatable bonds is 7.